The van der Waals surface area contributed by atoms with Gasteiger partial charge in [0.05, 0.1) is 33.4 Å². The minimum absolute atomic E-state index is 0.218. The fraction of sp³-hybridized carbons (Fsp3) is 0.209. The van der Waals surface area contributed by atoms with Gasteiger partial charge in [-0.3, -0.25) is 0 Å². The predicted octanol–water partition coefficient (Wildman–Crippen LogP) is 35.7. The van der Waals surface area contributed by atoms with E-state index in [1.54, 1.807) is 0 Å². The smallest absolute Gasteiger partial charge is 0.252 e. The Morgan fingerprint density at radius 1 is 0.187 bits per heavy atom. The standard InChI is InChI=1S/C134H119BN4/c1-128(2,3)86-66-99(80-44-30-24-31-45-80)126(100(67-86)81-46-32-25-33-47-81)138-109-72-89(136-111-74-103(131(10,11)12)95-56-36-52-91-92-53-37-57-96-104(132(13,14)15)75-112(136)122(118(92)96)121(111)117(91)95)60-62-107(109)135-108-63-61-90(137-113-76-105(133(16,17)18)97-58-38-54-93-94-55-39-59-98-106(134(19,20)21)77-114(137)124(120(94)98)123(113)119(93)97)73-110(108)139(116-71-88(130(7,8)9)70-115(138)125(116)135)127-101(84-50-34-48-82(64-84)78-40-26-22-27-41-78)68-87(129(4,5)6)69-102(127)85-51-35-49-83(65-85)79-42-28-23-29-43-79/h22-77H,1-21H3. The van der Waals surface area contributed by atoms with E-state index in [0.717, 1.165) is 101 Å². The van der Waals surface area contributed by atoms with E-state index in [1.807, 2.05) is 0 Å². The Morgan fingerprint density at radius 3 is 0.727 bits per heavy atom. The Hall–Kier alpha value is -14.5. The number of anilines is 6. The number of rotatable bonds is 10. The fourth-order valence-electron chi connectivity index (χ4n) is 24.6. The van der Waals surface area contributed by atoms with Crippen LogP contribution in [0.2, 0.25) is 0 Å². The zero-order chi connectivity index (χ0) is 95.9. The largest absolute Gasteiger partial charge is 0.310 e. The average molecular weight is 1800 g/mol. The van der Waals surface area contributed by atoms with E-state index in [9.17, 15) is 0 Å². The lowest BCUT2D eigenvalue weighted by Crippen LogP contribution is -2.61. The van der Waals surface area contributed by atoms with Crippen LogP contribution in [0.15, 0.2) is 340 Å². The molecule has 0 atom stereocenters. The topological polar surface area (TPSA) is 16.3 Å². The molecule has 4 heterocycles. The third kappa shape index (κ3) is 13.1. The molecule has 0 radical (unpaired) electrons. The molecule has 0 saturated carbocycles. The molecule has 4 nitrogen and oxygen atoms in total. The molecule has 139 heavy (non-hydrogen) atoms. The molecule has 0 N–H and O–H groups in total. The van der Waals surface area contributed by atoms with Gasteiger partial charge in [0, 0.05) is 77.9 Å². The average Bonchev–Trinajstić information content (AvgIpc) is 1.55. The second kappa shape index (κ2) is 30.0. The first-order valence-corrected chi connectivity index (χ1v) is 50.3. The number of nitrogens with zero attached hydrogens (tertiary/aromatic N) is 4. The van der Waals surface area contributed by atoms with Crippen molar-refractivity contribution in [3.05, 3.63) is 379 Å². The summed E-state index contributed by atoms with van der Waals surface area (Å²) in [6, 6.07) is 134. The van der Waals surface area contributed by atoms with Crippen molar-refractivity contribution in [3.63, 3.8) is 0 Å². The molecular formula is C134H119BN4. The van der Waals surface area contributed by atoms with E-state index in [2.05, 4.69) is 504 Å². The van der Waals surface area contributed by atoms with Crippen molar-refractivity contribution in [2.45, 2.75) is 183 Å². The second-order valence-corrected chi connectivity index (χ2v) is 47.6. The van der Waals surface area contributed by atoms with Gasteiger partial charge in [-0.15, -0.1) is 0 Å². The molecule has 2 aliphatic rings. The SMILES string of the molecule is CC(C)(C)c1cc(-c2ccccc2)c(N2c3cc(-n4c5cc(C(C)(C)C)c6cccc7c8cccc9c(C(C)(C)C)cc4c(c98)c5c67)ccc3B3c4ccc(-n5c6cc(C(C)(C)C)c7cccc8c9cccc%10c(C(C)(C)C)cc5c(c%109)c6c78)cc4N(c4c(-c5cccc(-c6ccccc6)c5)cc(C(C)(C)C)cc4-c4cccc(-c5ccccc5)c4)c4cc(C(C)(C)C)cc2c43)c(-c2ccccc2)c1. The van der Waals surface area contributed by atoms with Crippen LogP contribution in [0.5, 0.6) is 0 Å². The highest BCUT2D eigenvalue weighted by atomic mass is 15.2. The molecule has 2 aliphatic heterocycles. The van der Waals surface area contributed by atoms with E-state index in [-0.39, 0.29) is 39.2 Å². The van der Waals surface area contributed by atoms with Gasteiger partial charge in [-0.1, -0.05) is 388 Å². The Morgan fingerprint density at radius 2 is 0.439 bits per heavy atom. The Labute approximate surface area is 818 Å². The van der Waals surface area contributed by atoms with Crippen LogP contribution in [0.25, 0.3) is 186 Å². The van der Waals surface area contributed by atoms with Crippen LogP contribution in [0.3, 0.4) is 0 Å². The number of aromatic nitrogens is 2. The fourth-order valence-corrected chi connectivity index (χ4v) is 24.6. The van der Waals surface area contributed by atoms with Gasteiger partial charge in [0.25, 0.3) is 6.71 Å². The first-order valence-electron chi connectivity index (χ1n) is 50.3. The maximum atomic E-state index is 2.84. The summed E-state index contributed by atoms with van der Waals surface area (Å²) in [4.78, 5) is 5.66. The van der Waals surface area contributed by atoms with E-state index in [1.165, 1.54) is 175 Å². The molecule has 0 amide bonds. The minimum Gasteiger partial charge on any atom is -0.310 e. The van der Waals surface area contributed by atoms with Crippen molar-refractivity contribution in [2.75, 3.05) is 9.80 Å². The molecule has 5 heteroatoms. The second-order valence-electron chi connectivity index (χ2n) is 47.6. The highest BCUT2D eigenvalue weighted by Crippen LogP contribution is 2.60. The van der Waals surface area contributed by atoms with Crippen molar-refractivity contribution < 1.29 is 0 Å². The summed E-state index contributed by atoms with van der Waals surface area (Å²) >= 11 is 0. The summed E-state index contributed by atoms with van der Waals surface area (Å²) in [5, 5.41) is 21.2. The molecule has 0 bridgehead atoms. The third-order valence-corrected chi connectivity index (χ3v) is 31.4. The van der Waals surface area contributed by atoms with Crippen molar-refractivity contribution in [1.82, 2.24) is 9.13 Å². The Kier molecular flexibility index (Phi) is 18.6. The number of hydrogen-bond acceptors (Lipinski definition) is 2. The maximum Gasteiger partial charge on any atom is 0.252 e. The third-order valence-electron chi connectivity index (χ3n) is 31.4. The van der Waals surface area contributed by atoms with Crippen LogP contribution < -0.4 is 26.2 Å². The zero-order valence-electron chi connectivity index (χ0n) is 84.2. The predicted molar refractivity (Wildman–Crippen MR) is 602 cm³/mol. The van der Waals surface area contributed by atoms with Gasteiger partial charge in [-0.05, 0) is 299 Å². The van der Waals surface area contributed by atoms with Gasteiger partial charge < -0.3 is 18.9 Å². The molecule has 678 valence electrons. The van der Waals surface area contributed by atoms with Crippen molar-refractivity contribution in [2.24, 2.45) is 0 Å². The molecule has 0 spiro atoms. The Bertz CT molecular complexity index is 8600. The molecule has 0 saturated heterocycles. The normalized spacial score (nSPS) is 13.6. The summed E-state index contributed by atoms with van der Waals surface area (Å²) < 4.78 is 5.45. The molecule has 25 rings (SSSR count). The van der Waals surface area contributed by atoms with E-state index in [0.29, 0.717) is 0 Å². The van der Waals surface area contributed by atoms with Crippen molar-refractivity contribution in [1.29, 1.82) is 0 Å². The highest BCUT2D eigenvalue weighted by molar-refractivity contribution is 7.00. The summed E-state index contributed by atoms with van der Waals surface area (Å²) in [7, 11) is 0. The first kappa shape index (κ1) is 86.1. The van der Waals surface area contributed by atoms with Crippen LogP contribution >= 0.6 is 0 Å². The van der Waals surface area contributed by atoms with Gasteiger partial charge in [-0.25, -0.2) is 0 Å². The molecule has 0 aliphatic carbocycles. The van der Waals surface area contributed by atoms with Crippen molar-refractivity contribution >= 4 is 165 Å². The zero-order valence-corrected chi connectivity index (χ0v) is 84.2. The van der Waals surface area contributed by atoms with Crippen LogP contribution in [0, 0.1) is 0 Å². The molecule has 0 fully saturated rings. The summed E-state index contributed by atoms with van der Waals surface area (Å²) in [5.74, 6) is 0. The highest BCUT2D eigenvalue weighted by Gasteiger charge is 2.48. The van der Waals surface area contributed by atoms with Crippen LogP contribution in [0.1, 0.15) is 184 Å². The van der Waals surface area contributed by atoms with Gasteiger partial charge in [0.15, 0.2) is 0 Å². The molecule has 23 aromatic rings. The maximum absolute atomic E-state index is 2.84. The van der Waals surface area contributed by atoms with Crippen LogP contribution in [-0.2, 0) is 37.9 Å². The van der Waals surface area contributed by atoms with E-state index in [4.69, 9.17) is 0 Å². The lowest BCUT2D eigenvalue weighted by molar-refractivity contribution is 0.590. The van der Waals surface area contributed by atoms with Gasteiger partial charge >= 0.3 is 0 Å². The van der Waals surface area contributed by atoms with Crippen molar-refractivity contribution in [3.8, 4) is 78.1 Å². The monoisotopic (exact) mass is 1790 g/mol. The van der Waals surface area contributed by atoms with Gasteiger partial charge in [-0.2, -0.15) is 0 Å². The number of fused-ring (bicyclic) bond motifs is 6. The van der Waals surface area contributed by atoms with E-state index < -0.39 is 5.41 Å². The van der Waals surface area contributed by atoms with Gasteiger partial charge in [0.2, 0.25) is 0 Å². The first-order chi connectivity index (χ1) is 66.4. The molecular weight excluding hydrogens is 1680 g/mol. The molecule has 2 aromatic heterocycles. The summed E-state index contributed by atoms with van der Waals surface area (Å²) in [5.41, 5.74) is 38.6. The molecule has 21 aromatic carbocycles. The number of hydrogen-bond donors (Lipinski definition) is 0. The Balaban J connectivity index is 0.887. The minimum atomic E-state index is -0.430. The summed E-state index contributed by atoms with van der Waals surface area (Å²) in [6.07, 6.45) is 0. The lowest BCUT2D eigenvalue weighted by Gasteiger charge is -2.47. The van der Waals surface area contributed by atoms with Crippen LogP contribution in [-0.4, -0.2) is 15.8 Å². The summed E-state index contributed by atoms with van der Waals surface area (Å²) in [6.45, 7) is 50.4. The number of benzene rings is 21. The van der Waals surface area contributed by atoms with E-state index >= 15 is 0 Å². The molecule has 0 unspecified atom stereocenters. The van der Waals surface area contributed by atoms with Crippen LogP contribution in [0.4, 0.5) is 34.1 Å². The lowest BCUT2D eigenvalue weighted by atomic mass is 9.33. The van der Waals surface area contributed by atoms with Gasteiger partial charge in [0.1, 0.15) is 0 Å². The quantitative estimate of drug-likeness (QED) is 0.0771.